The molecular formula is C46H50O12. The minimum Gasteiger partial charge on any atom is -0.494 e. The molecule has 3 unspecified atom stereocenters. The predicted molar refractivity (Wildman–Crippen MR) is 212 cm³/mol. The normalized spacial score (nSPS) is 17.1. The molecule has 3 atom stereocenters. The fourth-order valence-corrected chi connectivity index (χ4v) is 6.59. The van der Waals surface area contributed by atoms with Gasteiger partial charge in [-0.25, -0.2) is 4.79 Å². The van der Waals surface area contributed by atoms with Crippen LogP contribution in [0.1, 0.15) is 91.3 Å². The third-order valence-electron chi connectivity index (χ3n) is 10.1. The van der Waals surface area contributed by atoms with Crippen molar-refractivity contribution in [3.8, 4) is 34.1 Å². The molecule has 306 valence electrons. The van der Waals surface area contributed by atoms with E-state index < -0.39 is 5.97 Å². The van der Waals surface area contributed by atoms with Crippen molar-refractivity contribution in [1.29, 1.82) is 0 Å². The molecule has 0 amide bonds. The molecule has 2 saturated heterocycles. The Hall–Kier alpha value is -5.43. The summed E-state index contributed by atoms with van der Waals surface area (Å²) in [5, 5.41) is 0. The van der Waals surface area contributed by atoms with Crippen LogP contribution >= 0.6 is 0 Å². The first-order valence-corrected chi connectivity index (χ1v) is 20.2. The minimum absolute atomic E-state index is 0.0522. The van der Waals surface area contributed by atoms with Crippen molar-refractivity contribution in [2.75, 3.05) is 39.6 Å². The van der Waals surface area contributed by atoms with Crippen molar-refractivity contribution >= 4 is 17.9 Å². The van der Waals surface area contributed by atoms with Gasteiger partial charge in [0.05, 0.1) is 32.0 Å². The SMILES string of the molecule is CC1c2cc(OOCc3ccc(OCCCCCC(=O)OCC4CO4)cc3)ccc2-c2ccc(OC(=O)c3ccc(OCCCCCC(=O)OCC4CO4)cc3)cc21. The van der Waals surface area contributed by atoms with Crippen LogP contribution in [-0.2, 0) is 40.0 Å². The second-order valence-electron chi connectivity index (χ2n) is 14.7. The number of ether oxygens (including phenoxy) is 7. The molecule has 0 spiro atoms. The highest BCUT2D eigenvalue weighted by molar-refractivity contribution is 5.91. The standard InChI is InChI=1S/C46H50O12/c1-31-42-24-36(57-46(49)33-12-16-35(17-13-33)51-23-7-3-5-9-45(48)55-30-39-28-53-39)18-20-40(42)41-21-19-37(25-43(31)41)58-56-26-32-10-14-34(15-11-32)50-22-6-2-4-8-44(47)54-29-38-27-52-38/h10-21,24-25,31,38-39H,2-9,22-23,26-30H2,1H3. The zero-order valence-corrected chi connectivity index (χ0v) is 32.8. The maximum atomic E-state index is 13.0. The highest BCUT2D eigenvalue weighted by atomic mass is 17.2. The predicted octanol–water partition coefficient (Wildman–Crippen LogP) is 8.31. The van der Waals surface area contributed by atoms with Crippen LogP contribution in [0.4, 0.5) is 0 Å². The number of unbranched alkanes of at least 4 members (excludes halogenated alkanes) is 4. The molecule has 2 aliphatic heterocycles. The summed E-state index contributed by atoms with van der Waals surface area (Å²) in [6.45, 7) is 5.54. The van der Waals surface area contributed by atoms with Gasteiger partial charge in [-0.2, -0.15) is 4.89 Å². The van der Waals surface area contributed by atoms with Crippen LogP contribution in [0.25, 0.3) is 11.1 Å². The van der Waals surface area contributed by atoms with Gasteiger partial charge in [0.1, 0.15) is 49.3 Å². The summed E-state index contributed by atoms with van der Waals surface area (Å²) in [7, 11) is 0. The van der Waals surface area contributed by atoms with Gasteiger partial charge in [-0.1, -0.05) is 31.2 Å². The Morgan fingerprint density at radius 2 is 1.10 bits per heavy atom. The molecule has 0 saturated carbocycles. The van der Waals surface area contributed by atoms with E-state index in [9.17, 15) is 14.4 Å². The van der Waals surface area contributed by atoms with Gasteiger partial charge in [0.2, 0.25) is 0 Å². The van der Waals surface area contributed by atoms with Crippen molar-refractivity contribution in [3.05, 3.63) is 107 Å². The molecule has 7 rings (SSSR count). The largest absolute Gasteiger partial charge is 0.494 e. The van der Waals surface area contributed by atoms with Crippen molar-refractivity contribution in [2.45, 2.75) is 83.0 Å². The van der Waals surface area contributed by atoms with Crippen LogP contribution in [0.5, 0.6) is 23.0 Å². The van der Waals surface area contributed by atoms with Gasteiger partial charge in [-0.15, -0.1) is 0 Å². The molecule has 58 heavy (non-hydrogen) atoms. The molecular weight excluding hydrogens is 744 g/mol. The summed E-state index contributed by atoms with van der Waals surface area (Å²) in [5.74, 6) is 1.74. The number of benzene rings is 4. The number of carbonyl (C=O) groups excluding carboxylic acids is 3. The van der Waals surface area contributed by atoms with Gasteiger partial charge in [0.25, 0.3) is 0 Å². The molecule has 12 nitrogen and oxygen atoms in total. The Kier molecular flexibility index (Phi) is 14.3. The van der Waals surface area contributed by atoms with Gasteiger partial charge in [0, 0.05) is 18.8 Å². The summed E-state index contributed by atoms with van der Waals surface area (Å²) >= 11 is 0. The van der Waals surface area contributed by atoms with E-state index in [1.54, 1.807) is 24.3 Å². The lowest BCUT2D eigenvalue weighted by Crippen LogP contribution is -2.09. The lowest BCUT2D eigenvalue weighted by Gasteiger charge is -2.11. The molecule has 2 fully saturated rings. The minimum atomic E-state index is -0.451. The second kappa shape index (κ2) is 20.3. The highest BCUT2D eigenvalue weighted by Gasteiger charge is 2.28. The maximum absolute atomic E-state index is 13.0. The summed E-state index contributed by atoms with van der Waals surface area (Å²) in [5.41, 5.74) is 5.71. The number of hydrogen-bond acceptors (Lipinski definition) is 12. The topological polar surface area (TPSA) is 141 Å². The van der Waals surface area contributed by atoms with Gasteiger partial charge >= 0.3 is 17.9 Å². The first kappa shape index (κ1) is 40.8. The Labute approximate surface area is 338 Å². The summed E-state index contributed by atoms with van der Waals surface area (Å²) in [4.78, 5) is 47.7. The number of hydrogen-bond donors (Lipinski definition) is 0. The Morgan fingerprint density at radius 1 is 0.603 bits per heavy atom. The van der Waals surface area contributed by atoms with E-state index in [-0.39, 0.29) is 36.7 Å². The maximum Gasteiger partial charge on any atom is 0.343 e. The van der Waals surface area contributed by atoms with E-state index in [0.29, 0.717) is 75.3 Å². The summed E-state index contributed by atoms with van der Waals surface area (Å²) in [6, 6.07) is 26.2. The fourth-order valence-electron chi connectivity index (χ4n) is 6.59. The van der Waals surface area contributed by atoms with Gasteiger partial charge < -0.3 is 38.0 Å². The van der Waals surface area contributed by atoms with Crippen LogP contribution in [0.15, 0.2) is 84.9 Å². The highest BCUT2D eigenvalue weighted by Crippen LogP contribution is 2.47. The van der Waals surface area contributed by atoms with Crippen molar-refractivity contribution in [1.82, 2.24) is 0 Å². The molecule has 4 aromatic carbocycles. The van der Waals surface area contributed by atoms with Gasteiger partial charge in [-0.05, 0) is 127 Å². The molecule has 3 aliphatic rings. The molecule has 0 N–H and O–H groups in total. The van der Waals surface area contributed by atoms with E-state index in [1.165, 1.54) is 0 Å². The van der Waals surface area contributed by atoms with Crippen LogP contribution in [0.3, 0.4) is 0 Å². The molecule has 12 heteroatoms. The number of esters is 3. The Bertz CT molecular complexity index is 1990. The molecule has 1 aliphatic carbocycles. The average molecular weight is 795 g/mol. The number of epoxide rings is 2. The Morgan fingerprint density at radius 3 is 1.66 bits per heavy atom. The van der Waals surface area contributed by atoms with Crippen LogP contribution in [0, 0.1) is 0 Å². The van der Waals surface area contributed by atoms with Gasteiger partial charge in [0.15, 0.2) is 5.75 Å². The lowest BCUT2D eigenvalue weighted by molar-refractivity contribution is -0.217. The summed E-state index contributed by atoms with van der Waals surface area (Å²) < 4.78 is 37.8. The van der Waals surface area contributed by atoms with Crippen molar-refractivity contribution in [2.24, 2.45) is 0 Å². The van der Waals surface area contributed by atoms with Crippen molar-refractivity contribution in [3.63, 3.8) is 0 Å². The second-order valence-corrected chi connectivity index (χ2v) is 14.7. The molecule has 0 aromatic heterocycles. The van der Waals surface area contributed by atoms with E-state index >= 15 is 0 Å². The molecule has 0 radical (unpaired) electrons. The van der Waals surface area contributed by atoms with Gasteiger partial charge in [-0.3, -0.25) is 9.59 Å². The monoisotopic (exact) mass is 794 g/mol. The third kappa shape index (κ3) is 12.3. The van der Waals surface area contributed by atoms with Crippen LogP contribution in [-0.4, -0.2) is 69.8 Å². The van der Waals surface area contributed by atoms with Crippen molar-refractivity contribution < 1.29 is 57.3 Å². The van der Waals surface area contributed by atoms with E-state index in [1.807, 2.05) is 60.7 Å². The average Bonchev–Trinajstić information content (AvgIpc) is 4.19. The lowest BCUT2D eigenvalue weighted by atomic mass is 9.99. The summed E-state index contributed by atoms with van der Waals surface area (Å²) in [6.07, 6.45) is 5.92. The number of rotatable bonds is 24. The smallest absolute Gasteiger partial charge is 0.343 e. The molecule has 4 aromatic rings. The quantitative estimate of drug-likeness (QED) is 0.0168. The van der Waals surface area contributed by atoms with E-state index in [0.717, 1.165) is 72.1 Å². The molecule has 0 bridgehead atoms. The van der Waals surface area contributed by atoms with Crippen LogP contribution in [0.2, 0.25) is 0 Å². The van der Waals surface area contributed by atoms with Crippen LogP contribution < -0.4 is 19.1 Å². The zero-order chi connectivity index (χ0) is 40.1. The third-order valence-corrected chi connectivity index (χ3v) is 10.1. The Balaban J connectivity index is 0.790. The van der Waals surface area contributed by atoms with E-state index in [2.05, 4.69) is 6.92 Å². The fraction of sp³-hybridized carbons (Fsp3) is 0.413. The number of carbonyl (C=O) groups is 3. The van der Waals surface area contributed by atoms with E-state index in [4.69, 9.17) is 42.9 Å². The zero-order valence-electron chi connectivity index (χ0n) is 32.8. The first-order valence-electron chi connectivity index (χ1n) is 20.2. The molecule has 2 heterocycles. The number of fused-ring (bicyclic) bond motifs is 3. The first-order chi connectivity index (χ1) is 28.4.